The molecule has 4 aromatic rings. The molecule has 0 radical (unpaired) electrons. The average Bonchev–Trinajstić information content (AvgIpc) is 3.51. The minimum absolute atomic E-state index is 0.0747. The average molecular weight is 466 g/mol. The van der Waals surface area contributed by atoms with Crippen LogP contribution in [0.15, 0.2) is 41.8 Å². The standard InChI is InChI=1S/C22H23N7OS2/c30-19(11-13-29-21(26-27-22(29)31)17-5-4-14-32-17)23-16-9-7-15(8-10-16)20-25-24-18-6-2-1-3-12-28(18)20/h4-5,7-10,14H,1-3,6,11-13H2,(H,23,30)(H,27,31). The van der Waals surface area contributed by atoms with Gasteiger partial charge in [-0.1, -0.05) is 12.5 Å². The Morgan fingerprint density at radius 1 is 1.12 bits per heavy atom. The van der Waals surface area contributed by atoms with Gasteiger partial charge in [0.25, 0.3) is 0 Å². The van der Waals surface area contributed by atoms with Gasteiger partial charge in [0.2, 0.25) is 5.91 Å². The van der Waals surface area contributed by atoms with E-state index in [2.05, 4.69) is 30.3 Å². The van der Waals surface area contributed by atoms with E-state index in [0.717, 1.165) is 53.0 Å². The van der Waals surface area contributed by atoms with Crippen molar-refractivity contribution in [3.63, 3.8) is 0 Å². The van der Waals surface area contributed by atoms with E-state index in [1.54, 1.807) is 11.3 Å². The molecule has 3 aromatic heterocycles. The van der Waals surface area contributed by atoms with Gasteiger partial charge in [-0.25, -0.2) is 0 Å². The van der Waals surface area contributed by atoms with Gasteiger partial charge in [-0.05, 0) is 60.8 Å². The molecule has 4 heterocycles. The van der Waals surface area contributed by atoms with E-state index in [1.807, 2.05) is 46.3 Å². The number of rotatable bonds is 6. The third kappa shape index (κ3) is 4.28. The fourth-order valence-electron chi connectivity index (χ4n) is 3.96. The van der Waals surface area contributed by atoms with Crippen LogP contribution in [0.4, 0.5) is 5.69 Å². The van der Waals surface area contributed by atoms with Crippen molar-refractivity contribution in [1.82, 2.24) is 29.5 Å². The summed E-state index contributed by atoms with van der Waals surface area (Å²) >= 11 is 6.93. The van der Waals surface area contributed by atoms with Crippen molar-refractivity contribution in [3.05, 3.63) is 52.4 Å². The molecule has 0 aliphatic carbocycles. The van der Waals surface area contributed by atoms with Crippen LogP contribution in [0.1, 0.15) is 31.5 Å². The lowest BCUT2D eigenvalue weighted by atomic mass is 10.2. The fraction of sp³-hybridized carbons (Fsp3) is 0.318. The number of anilines is 1. The van der Waals surface area contributed by atoms with Crippen molar-refractivity contribution in [2.75, 3.05) is 5.32 Å². The number of nitrogens with one attached hydrogen (secondary N) is 2. The molecule has 0 fully saturated rings. The van der Waals surface area contributed by atoms with Crippen LogP contribution in [0.3, 0.4) is 0 Å². The number of carbonyl (C=O) groups excluding carboxylic acids is 1. The molecule has 0 saturated heterocycles. The van der Waals surface area contributed by atoms with Crippen molar-refractivity contribution in [1.29, 1.82) is 0 Å². The number of H-pyrrole nitrogens is 1. The van der Waals surface area contributed by atoms with E-state index in [-0.39, 0.29) is 5.91 Å². The number of aromatic amines is 1. The highest BCUT2D eigenvalue weighted by atomic mass is 32.1. The zero-order valence-electron chi connectivity index (χ0n) is 17.5. The van der Waals surface area contributed by atoms with E-state index in [4.69, 9.17) is 12.2 Å². The molecule has 0 unspecified atom stereocenters. The van der Waals surface area contributed by atoms with Crippen LogP contribution in [0.2, 0.25) is 0 Å². The molecule has 0 saturated carbocycles. The van der Waals surface area contributed by atoms with Gasteiger partial charge in [-0.3, -0.25) is 14.5 Å². The minimum atomic E-state index is -0.0747. The molecule has 5 rings (SSSR count). The van der Waals surface area contributed by atoms with E-state index < -0.39 is 0 Å². The van der Waals surface area contributed by atoms with Crippen molar-refractivity contribution in [2.45, 2.75) is 45.2 Å². The summed E-state index contributed by atoms with van der Waals surface area (Å²) in [7, 11) is 0. The smallest absolute Gasteiger partial charge is 0.226 e. The van der Waals surface area contributed by atoms with Crippen LogP contribution in [0.25, 0.3) is 22.1 Å². The first-order chi connectivity index (χ1) is 15.7. The maximum absolute atomic E-state index is 12.5. The first-order valence-electron chi connectivity index (χ1n) is 10.7. The Labute approximate surface area is 194 Å². The van der Waals surface area contributed by atoms with Crippen LogP contribution >= 0.6 is 23.6 Å². The maximum Gasteiger partial charge on any atom is 0.226 e. The van der Waals surface area contributed by atoms with Crippen LogP contribution in [-0.2, 0) is 24.3 Å². The summed E-state index contributed by atoms with van der Waals surface area (Å²) in [4.78, 5) is 13.6. The number of aryl methyl sites for hydroxylation is 1. The highest BCUT2D eigenvalue weighted by Crippen LogP contribution is 2.25. The van der Waals surface area contributed by atoms with Gasteiger partial charge in [-0.2, -0.15) is 5.10 Å². The Morgan fingerprint density at radius 2 is 2.00 bits per heavy atom. The third-order valence-electron chi connectivity index (χ3n) is 5.60. The second-order valence-corrected chi connectivity index (χ2v) is 9.09. The molecule has 32 heavy (non-hydrogen) atoms. The van der Waals surface area contributed by atoms with Crippen LogP contribution in [0, 0.1) is 4.77 Å². The zero-order valence-corrected chi connectivity index (χ0v) is 19.1. The summed E-state index contributed by atoms with van der Waals surface area (Å²) < 4.78 is 4.60. The topological polar surface area (TPSA) is 93.4 Å². The number of hydrogen-bond acceptors (Lipinski definition) is 6. The number of thiophene rings is 1. The van der Waals surface area contributed by atoms with E-state index in [9.17, 15) is 4.79 Å². The van der Waals surface area contributed by atoms with Gasteiger partial charge >= 0.3 is 0 Å². The molecule has 1 aliphatic heterocycles. The maximum atomic E-state index is 12.5. The predicted molar refractivity (Wildman–Crippen MR) is 127 cm³/mol. The highest BCUT2D eigenvalue weighted by molar-refractivity contribution is 7.71. The quantitative estimate of drug-likeness (QED) is 0.403. The summed E-state index contributed by atoms with van der Waals surface area (Å²) in [6, 6.07) is 11.7. The second-order valence-electron chi connectivity index (χ2n) is 7.76. The van der Waals surface area contributed by atoms with Gasteiger partial charge in [0.05, 0.1) is 4.88 Å². The second kappa shape index (κ2) is 9.17. The summed E-state index contributed by atoms with van der Waals surface area (Å²) in [6.45, 7) is 1.42. The molecule has 0 atom stereocenters. The minimum Gasteiger partial charge on any atom is -0.326 e. The van der Waals surface area contributed by atoms with Crippen LogP contribution in [-0.4, -0.2) is 35.4 Å². The summed E-state index contributed by atoms with van der Waals surface area (Å²) in [5.41, 5.74) is 1.76. The van der Waals surface area contributed by atoms with Gasteiger partial charge in [0, 0.05) is 37.2 Å². The van der Waals surface area contributed by atoms with Crippen molar-refractivity contribution < 1.29 is 4.79 Å². The Kier molecular flexibility index (Phi) is 5.95. The Hall–Kier alpha value is -3.11. The number of amides is 1. The largest absolute Gasteiger partial charge is 0.326 e. The molecule has 164 valence electrons. The fourth-order valence-corrected chi connectivity index (χ4v) is 4.90. The normalized spacial score (nSPS) is 13.5. The Morgan fingerprint density at radius 3 is 2.81 bits per heavy atom. The van der Waals surface area contributed by atoms with E-state index >= 15 is 0 Å². The van der Waals surface area contributed by atoms with Gasteiger partial charge < -0.3 is 9.88 Å². The molecule has 0 spiro atoms. The van der Waals surface area contributed by atoms with Gasteiger partial charge in [0.15, 0.2) is 16.4 Å². The van der Waals surface area contributed by atoms with Crippen molar-refractivity contribution >= 4 is 35.1 Å². The van der Waals surface area contributed by atoms with Crippen molar-refractivity contribution in [2.24, 2.45) is 0 Å². The van der Waals surface area contributed by atoms with Crippen LogP contribution in [0.5, 0.6) is 0 Å². The number of carbonyl (C=O) groups is 1. The SMILES string of the molecule is O=C(CCn1c(-c2cccs2)n[nH]c1=S)Nc1ccc(-c2nnc3n2CCCCC3)cc1. The monoisotopic (exact) mass is 465 g/mol. The summed E-state index contributed by atoms with van der Waals surface area (Å²) in [5.74, 6) is 2.65. The number of fused-ring (bicyclic) bond motifs is 1. The number of benzene rings is 1. The number of hydrogen-bond donors (Lipinski definition) is 2. The molecular weight excluding hydrogens is 442 g/mol. The highest BCUT2D eigenvalue weighted by Gasteiger charge is 2.16. The van der Waals surface area contributed by atoms with Crippen molar-refractivity contribution in [3.8, 4) is 22.1 Å². The molecular formula is C22H23N7OS2. The third-order valence-corrected chi connectivity index (χ3v) is 6.78. The first kappa shape index (κ1) is 20.8. The van der Waals surface area contributed by atoms with Gasteiger partial charge in [0.1, 0.15) is 5.82 Å². The molecule has 1 aromatic carbocycles. The lowest BCUT2D eigenvalue weighted by molar-refractivity contribution is -0.116. The molecule has 10 heteroatoms. The predicted octanol–water partition coefficient (Wildman–Crippen LogP) is 4.68. The summed E-state index contributed by atoms with van der Waals surface area (Å²) in [6.07, 6.45) is 4.83. The molecule has 2 N–H and O–H groups in total. The molecule has 8 nitrogen and oxygen atoms in total. The zero-order chi connectivity index (χ0) is 21.9. The number of aromatic nitrogens is 6. The lowest BCUT2D eigenvalue weighted by Gasteiger charge is -2.09. The molecule has 1 aliphatic rings. The van der Waals surface area contributed by atoms with E-state index in [0.29, 0.717) is 17.7 Å². The Balaban J connectivity index is 1.23. The van der Waals surface area contributed by atoms with Gasteiger partial charge in [-0.15, -0.1) is 21.5 Å². The molecule has 1 amide bonds. The molecule has 0 bridgehead atoms. The first-order valence-corrected chi connectivity index (χ1v) is 12.0. The summed E-state index contributed by atoms with van der Waals surface area (Å²) in [5, 5.41) is 20.9. The van der Waals surface area contributed by atoms with E-state index in [1.165, 1.54) is 12.8 Å². The van der Waals surface area contributed by atoms with Crippen LogP contribution < -0.4 is 5.32 Å². The lowest BCUT2D eigenvalue weighted by Crippen LogP contribution is -2.15. The Bertz CT molecular complexity index is 1270. The number of nitrogens with zero attached hydrogens (tertiary/aromatic N) is 5.